The van der Waals surface area contributed by atoms with Gasteiger partial charge in [-0.1, -0.05) is 328 Å². The first-order chi connectivity index (χ1) is 61.7. The summed E-state index contributed by atoms with van der Waals surface area (Å²) in [5.41, 5.74) is 26.7. The minimum absolute atomic E-state index is 1.11. The van der Waals surface area contributed by atoms with Crippen molar-refractivity contribution < 1.29 is 0 Å². The van der Waals surface area contributed by atoms with Crippen molar-refractivity contribution in [2.75, 3.05) is 50.5 Å². The van der Waals surface area contributed by atoms with Gasteiger partial charge < -0.3 is 29.4 Å². The topological polar surface area (TPSA) is 19.4 Å². The number of hydrogen-bond donors (Lipinski definition) is 0. The average molecular weight is 1610 g/mol. The van der Waals surface area contributed by atoms with Crippen molar-refractivity contribution >= 4 is 139 Å². The van der Waals surface area contributed by atoms with Crippen molar-refractivity contribution in [2.45, 2.75) is 0 Å². The molecule has 0 bridgehead atoms. The van der Waals surface area contributed by atoms with E-state index in [1.807, 2.05) is 0 Å². The minimum Gasteiger partial charge on any atom is -0.345 e. The van der Waals surface area contributed by atoms with Crippen LogP contribution in [-0.4, -0.2) is 21.1 Å². The lowest BCUT2D eigenvalue weighted by molar-refractivity contribution is 1.20. The van der Waals surface area contributed by atoms with Gasteiger partial charge in [0.25, 0.3) is 0 Å². The van der Waals surface area contributed by atoms with Gasteiger partial charge in [0.1, 0.15) is 0 Å². The Bertz CT molecular complexity index is 7260. The van der Waals surface area contributed by atoms with E-state index in [2.05, 4.69) is 554 Å². The van der Waals surface area contributed by atoms with Crippen LogP contribution < -0.4 is 29.4 Å². The molecule has 0 heterocycles. The Morgan fingerprint density at radius 2 is 0.336 bits per heavy atom. The van der Waals surface area contributed by atoms with Crippen molar-refractivity contribution in [3.63, 3.8) is 0 Å². The van der Waals surface area contributed by atoms with Gasteiger partial charge in [0.15, 0.2) is 0 Å². The van der Waals surface area contributed by atoms with Crippen molar-refractivity contribution in [3.8, 4) is 44.5 Å². The molecule has 21 aromatic rings. The number of rotatable bonds is 19. The molecule has 0 amide bonds. The Morgan fingerprint density at radius 1 is 0.120 bits per heavy atom. The first-order valence-electron chi connectivity index (χ1n) is 42.7. The lowest BCUT2D eigenvalue weighted by Crippen LogP contribution is -2.12. The third kappa shape index (κ3) is 17.4. The number of fused-ring (bicyclic) bond motifs is 5. The summed E-state index contributed by atoms with van der Waals surface area (Å²) in [5.74, 6) is 0. The van der Waals surface area contributed by atoms with Crippen molar-refractivity contribution in [3.05, 3.63) is 504 Å². The van der Waals surface area contributed by atoms with Gasteiger partial charge in [0.2, 0.25) is 0 Å². The smallest absolute Gasteiger partial charge is 0.0487 e. The summed E-state index contributed by atoms with van der Waals surface area (Å²) >= 11 is 0. The Morgan fingerprint density at radius 3 is 0.688 bits per heavy atom. The highest BCUT2D eigenvalue weighted by molar-refractivity contribution is 5.98. The van der Waals surface area contributed by atoms with Crippen LogP contribution in [-0.2, 0) is 0 Å². The highest BCUT2D eigenvalue weighted by Gasteiger charge is 2.21. The number of anilines is 15. The van der Waals surface area contributed by atoms with E-state index in [0.29, 0.717) is 0 Å². The van der Waals surface area contributed by atoms with Crippen LogP contribution in [0, 0.1) is 0 Å². The van der Waals surface area contributed by atoms with Crippen LogP contribution in [0.3, 0.4) is 0 Å². The molecular weight excluding hydrogens is 1510 g/mol. The molecule has 125 heavy (non-hydrogen) atoms. The first-order valence-corrected chi connectivity index (χ1v) is 42.7. The van der Waals surface area contributed by atoms with Crippen LogP contribution in [0.4, 0.5) is 85.3 Å². The standard InChI is InChI=1S/C41H32N2.2C39H30N2/c1-42(37-22-19-34(20-23-37)31-11-4-2-5-12-31)38-25-27-39(28-26-38)43(41-24-21-33-15-8-9-16-35(33)30-41)40-18-10-17-36(29-40)32-13-6-3-7-14-32;1-40(37-20-18-30-12-5-7-14-32(30)26-37)35-22-24-36(25-23-35)41(39-21-19-31-13-6-8-15-33(31)28-39)38-17-9-16-34(27-38)29-10-3-2-4-11-29;1-40(39-20-10-16-31-14-7-8-19-38(31)39)34-23-25-35(26-24-34)41(37-22-21-30-13-5-6-15-32(30)28-37)36-18-9-17-33(27-36)29-11-3-2-4-12-29/h2-30H,1H3;2*2-28H,1H3. The molecule has 0 spiro atoms. The van der Waals surface area contributed by atoms with E-state index >= 15 is 0 Å². The molecule has 0 saturated heterocycles. The summed E-state index contributed by atoms with van der Waals surface area (Å²) < 4.78 is 0. The number of nitrogens with zero attached hydrogens (tertiary/aromatic N) is 6. The first kappa shape index (κ1) is 78.6. The van der Waals surface area contributed by atoms with Crippen LogP contribution in [0.2, 0.25) is 0 Å². The normalized spacial score (nSPS) is 11.0. The number of benzene rings is 21. The van der Waals surface area contributed by atoms with Crippen LogP contribution in [0.15, 0.2) is 504 Å². The van der Waals surface area contributed by atoms with E-state index in [1.165, 1.54) is 110 Å². The van der Waals surface area contributed by atoms with Gasteiger partial charge in [-0.3, -0.25) is 0 Å². The van der Waals surface area contributed by atoms with Crippen molar-refractivity contribution in [1.82, 2.24) is 0 Å². The molecule has 0 aliphatic heterocycles. The maximum atomic E-state index is 2.35. The Kier molecular flexibility index (Phi) is 22.8. The summed E-state index contributed by atoms with van der Waals surface area (Å²) in [4.78, 5) is 13.8. The zero-order valence-corrected chi connectivity index (χ0v) is 70.1. The molecule has 6 nitrogen and oxygen atoms in total. The highest BCUT2D eigenvalue weighted by atomic mass is 15.2. The minimum atomic E-state index is 1.11. The van der Waals surface area contributed by atoms with Gasteiger partial charge in [-0.25, -0.2) is 0 Å². The van der Waals surface area contributed by atoms with E-state index in [4.69, 9.17) is 0 Å². The molecular formula is C119H92N6. The Balaban J connectivity index is 0.000000123. The molecule has 0 radical (unpaired) electrons. The molecule has 0 unspecified atom stereocenters. The molecule has 598 valence electrons. The van der Waals surface area contributed by atoms with Crippen molar-refractivity contribution in [1.29, 1.82) is 0 Å². The molecule has 0 aliphatic carbocycles. The zero-order chi connectivity index (χ0) is 84.2. The summed E-state index contributed by atoms with van der Waals surface area (Å²) in [7, 11) is 6.39. The third-order valence-electron chi connectivity index (χ3n) is 23.7. The van der Waals surface area contributed by atoms with Gasteiger partial charge >= 0.3 is 0 Å². The zero-order valence-electron chi connectivity index (χ0n) is 70.1. The van der Waals surface area contributed by atoms with Crippen molar-refractivity contribution in [2.24, 2.45) is 0 Å². The Labute approximate surface area is 732 Å². The molecule has 21 aromatic carbocycles. The summed E-state index contributed by atoms with van der Waals surface area (Å²) in [6.07, 6.45) is 0. The van der Waals surface area contributed by atoms with Crippen LogP contribution in [0.25, 0.3) is 98.4 Å². The van der Waals surface area contributed by atoms with E-state index in [0.717, 1.165) is 73.9 Å². The average Bonchev–Trinajstić information content (AvgIpc) is 0.766. The Hall–Kier alpha value is -16.3. The predicted octanol–water partition coefficient (Wildman–Crippen LogP) is 33.2. The van der Waals surface area contributed by atoms with E-state index in [1.54, 1.807) is 0 Å². The van der Waals surface area contributed by atoms with Gasteiger partial charge in [-0.2, -0.15) is 0 Å². The fourth-order valence-corrected chi connectivity index (χ4v) is 17.0. The van der Waals surface area contributed by atoms with Gasteiger partial charge in [0.05, 0.1) is 0 Å². The second-order valence-electron chi connectivity index (χ2n) is 31.5. The summed E-state index contributed by atoms with van der Waals surface area (Å²) in [6, 6.07) is 180. The molecule has 0 saturated carbocycles. The maximum Gasteiger partial charge on any atom is 0.0487 e. The quantitative estimate of drug-likeness (QED) is 0.0798. The second-order valence-corrected chi connectivity index (χ2v) is 31.5. The highest BCUT2D eigenvalue weighted by Crippen LogP contribution is 2.45. The van der Waals surface area contributed by atoms with Gasteiger partial charge in [-0.15, -0.1) is 0 Å². The van der Waals surface area contributed by atoms with Gasteiger partial charge in [0, 0.05) is 112 Å². The molecule has 0 fully saturated rings. The van der Waals surface area contributed by atoms with E-state index < -0.39 is 0 Å². The maximum absolute atomic E-state index is 2.35. The SMILES string of the molecule is CN(c1ccc(-c2ccccc2)cc1)c1ccc(N(c2cccc(-c3ccccc3)c2)c2ccc3ccccc3c2)cc1.CN(c1ccc(N(c2cccc(-c3ccccc3)c2)c2ccc3ccccc3c2)cc1)c1ccc2ccccc2c1.CN(c1ccc(N(c2cccc(-c3ccccc3)c2)c2ccc3ccccc3c2)cc1)c1cccc2ccccc12. The molecule has 0 atom stereocenters. The number of hydrogen-bond acceptors (Lipinski definition) is 6. The summed E-state index contributed by atoms with van der Waals surface area (Å²) in [5, 5.41) is 12.4. The van der Waals surface area contributed by atoms with Crippen LogP contribution in [0.1, 0.15) is 0 Å². The molecule has 0 aliphatic rings. The molecule has 0 N–H and O–H groups in total. The van der Waals surface area contributed by atoms with Crippen LogP contribution in [0.5, 0.6) is 0 Å². The lowest BCUT2D eigenvalue weighted by atomic mass is 10.0. The molecule has 6 heteroatoms. The second kappa shape index (κ2) is 36.3. The van der Waals surface area contributed by atoms with Gasteiger partial charge in [-0.05, 0) is 269 Å². The van der Waals surface area contributed by atoms with E-state index in [9.17, 15) is 0 Å². The fraction of sp³-hybridized carbons (Fsp3) is 0.0252. The molecule has 0 aromatic heterocycles. The predicted molar refractivity (Wildman–Crippen MR) is 536 cm³/mol. The lowest BCUT2D eigenvalue weighted by Gasteiger charge is -2.27. The van der Waals surface area contributed by atoms with Crippen LogP contribution >= 0.6 is 0 Å². The fourth-order valence-electron chi connectivity index (χ4n) is 17.0. The largest absolute Gasteiger partial charge is 0.345 e. The summed E-state index contributed by atoms with van der Waals surface area (Å²) in [6.45, 7) is 0. The molecule has 21 rings (SSSR count). The monoisotopic (exact) mass is 1600 g/mol. The third-order valence-corrected chi connectivity index (χ3v) is 23.7. The van der Waals surface area contributed by atoms with E-state index in [-0.39, 0.29) is 0 Å².